The highest BCUT2D eigenvalue weighted by Crippen LogP contribution is 2.16. The Kier molecular flexibility index (Phi) is 5.02. The second-order valence-corrected chi connectivity index (χ2v) is 5.24. The number of hydrogen-bond acceptors (Lipinski definition) is 4. The molecule has 0 aromatic carbocycles. The third-order valence-electron chi connectivity index (χ3n) is 2.59. The lowest BCUT2D eigenvalue weighted by Gasteiger charge is -2.23. The Balaban J connectivity index is 2.78. The van der Waals surface area contributed by atoms with Gasteiger partial charge >= 0.3 is 0 Å². The van der Waals surface area contributed by atoms with E-state index < -0.39 is 0 Å². The minimum atomic E-state index is 0.00981. The molecule has 0 radical (unpaired) electrons. The van der Waals surface area contributed by atoms with Crippen LogP contribution in [0.1, 0.15) is 29.2 Å². The predicted octanol–water partition coefficient (Wildman–Crippen LogP) is 1.84. The summed E-state index contributed by atoms with van der Waals surface area (Å²) in [7, 11) is 0. The first-order chi connectivity index (χ1) is 7.97. The third-order valence-corrected chi connectivity index (χ3v) is 3.91. The highest BCUT2D eigenvalue weighted by Gasteiger charge is 2.20. The second kappa shape index (κ2) is 6.07. The number of nitrogens with zero attached hydrogens (tertiary/aromatic N) is 2. The number of nitrogens with two attached hydrogens (primary N) is 1. The number of aryl methyl sites for hydroxylation is 1. The lowest BCUT2D eigenvalue weighted by Crippen LogP contribution is -2.38. The average Bonchev–Trinajstić information content (AvgIpc) is 2.70. The molecule has 0 saturated heterocycles. The molecule has 6 heteroatoms. The van der Waals surface area contributed by atoms with Gasteiger partial charge < -0.3 is 10.6 Å². The molecule has 0 aliphatic rings. The van der Waals surface area contributed by atoms with Gasteiger partial charge in [0.05, 0.1) is 16.2 Å². The Morgan fingerprint density at radius 2 is 2.35 bits per heavy atom. The van der Waals surface area contributed by atoms with Gasteiger partial charge in [-0.05, 0) is 13.8 Å². The fraction of sp³-hybridized carbons (Fsp3) is 0.545. The molecule has 17 heavy (non-hydrogen) atoms. The number of thiocarbonyl (C=S) groups is 1. The van der Waals surface area contributed by atoms with Crippen molar-refractivity contribution in [2.24, 2.45) is 11.7 Å². The van der Waals surface area contributed by atoms with Crippen LogP contribution in [0.25, 0.3) is 0 Å². The summed E-state index contributed by atoms with van der Waals surface area (Å²) in [6.07, 6.45) is 0. The molecule has 1 unspecified atom stereocenters. The standard InChI is InChI=1S/C11H17N3OS2/c1-4-14(5-7(2)10(12)16)11(15)9-8(3)13-6-17-9/h6-7H,4-5H2,1-3H3,(H2,12,16). The van der Waals surface area contributed by atoms with Crippen molar-refractivity contribution >= 4 is 34.5 Å². The Morgan fingerprint density at radius 1 is 1.71 bits per heavy atom. The zero-order valence-electron chi connectivity index (χ0n) is 10.3. The fourth-order valence-electron chi connectivity index (χ4n) is 1.43. The summed E-state index contributed by atoms with van der Waals surface area (Å²) in [6.45, 7) is 6.91. The van der Waals surface area contributed by atoms with Crippen LogP contribution in [0.5, 0.6) is 0 Å². The van der Waals surface area contributed by atoms with E-state index in [9.17, 15) is 4.79 Å². The van der Waals surface area contributed by atoms with Gasteiger partial charge in [0.1, 0.15) is 4.88 Å². The molecule has 0 spiro atoms. The van der Waals surface area contributed by atoms with E-state index in [4.69, 9.17) is 18.0 Å². The van der Waals surface area contributed by atoms with E-state index in [0.29, 0.717) is 23.0 Å². The number of hydrogen-bond donors (Lipinski definition) is 1. The van der Waals surface area contributed by atoms with Gasteiger partial charge in [0.15, 0.2) is 0 Å². The van der Waals surface area contributed by atoms with Crippen molar-refractivity contribution in [3.63, 3.8) is 0 Å². The van der Waals surface area contributed by atoms with Crippen LogP contribution in [0.2, 0.25) is 0 Å². The molecular formula is C11H17N3OS2. The molecule has 1 aromatic rings. The number of aromatic nitrogens is 1. The van der Waals surface area contributed by atoms with Crippen LogP contribution in [0.4, 0.5) is 0 Å². The van der Waals surface area contributed by atoms with Crippen molar-refractivity contribution in [3.05, 3.63) is 16.1 Å². The fourth-order valence-corrected chi connectivity index (χ4v) is 2.27. The third kappa shape index (κ3) is 3.47. The first kappa shape index (κ1) is 14.1. The van der Waals surface area contributed by atoms with Crippen molar-refractivity contribution in [1.29, 1.82) is 0 Å². The van der Waals surface area contributed by atoms with E-state index in [2.05, 4.69) is 4.98 Å². The molecule has 0 fully saturated rings. The molecule has 1 amide bonds. The van der Waals surface area contributed by atoms with Crippen molar-refractivity contribution < 1.29 is 4.79 Å². The van der Waals surface area contributed by atoms with Crippen molar-refractivity contribution in [1.82, 2.24) is 9.88 Å². The molecule has 0 saturated carbocycles. The van der Waals surface area contributed by atoms with E-state index in [-0.39, 0.29) is 11.8 Å². The maximum atomic E-state index is 12.2. The number of carbonyl (C=O) groups excluding carboxylic acids is 1. The molecule has 2 N–H and O–H groups in total. The van der Waals surface area contributed by atoms with Crippen LogP contribution >= 0.6 is 23.6 Å². The largest absolute Gasteiger partial charge is 0.393 e. The monoisotopic (exact) mass is 271 g/mol. The van der Waals surface area contributed by atoms with Gasteiger partial charge in [0, 0.05) is 19.0 Å². The molecule has 0 aliphatic carbocycles. The highest BCUT2D eigenvalue weighted by molar-refractivity contribution is 7.80. The van der Waals surface area contributed by atoms with E-state index >= 15 is 0 Å². The van der Waals surface area contributed by atoms with Crippen LogP contribution < -0.4 is 5.73 Å². The second-order valence-electron chi connectivity index (χ2n) is 3.91. The first-order valence-corrected chi connectivity index (χ1v) is 6.74. The summed E-state index contributed by atoms with van der Waals surface area (Å²) in [5, 5.41) is 0. The van der Waals surface area contributed by atoms with E-state index in [1.807, 2.05) is 20.8 Å². The summed E-state index contributed by atoms with van der Waals surface area (Å²) in [5.41, 5.74) is 8.04. The quantitative estimate of drug-likeness (QED) is 0.830. The lowest BCUT2D eigenvalue weighted by molar-refractivity contribution is 0.0759. The molecule has 1 heterocycles. The molecule has 0 aliphatic heterocycles. The van der Waals surface area contributed by atoms with E-state index in [1.165, 1.54) is 11.3 Å². The van der Waals surface area contributed by atoms with Gasteiger partial charge in [0.2, 0.25) is 0 Å². The number of amides is 1. The molecule has 1 aromatic heterocycles. The maximum Gasteiger partial charge on any atom is 0.265 e. The Hall–Kier alpha value is -1.01. The number of thiazole rings is 1. The minimum absolute atomic E-state index is 0.00981. The summed E-state index contributed by atoms with van der Waals surface area (Å²) < 4.78 is 0. The zero-order valence-corrected chi connectivity index (χ0v) is 11.9. The summed E-state index contributed by atoms with van der Waals surface area (Å²) in [5.74, 6) is 0.0396. The van der Waals surface area contributed by atoms with Crippen LogP contribution in [-0.4, -0.2) is 33.9 Å². The van der Waals surface area contributed by atoms with Crippen LogP contribution in [0.3, 0.4) is 0 Å². The van der Waals surface area contributed by atoms with Crippen molar-refractivity contribution in [2.45, 2.75) is 20.8 Å². The van der Waals surface area contributed by atoms with Crippen LogP contribution in [-0.2, 0) is 0 Å². The molecular weight excluding hydrogens is 254 g/mol. The molecule has 4 nitrogen and oxygen atoms in total. The maximum absolute atomic E-state index is 12.2. The van der Waals surface area contributed by atoms with E-state index in [1.54, 1.807) is 10.4 Å². The molecule has 0 bridgehead atoms. The van der Waals surface area contributed by atoms with Crippen LogP contribution in [0, 0.1) is 12.8 Å². The summed E-state index contributed by atoms with van der Waals surface area (Å²) >= 11 is 6.30. The van der Waals surface area contributed by atoms with Crippen molar-refractivity contribution in [3.8, 4) is 0 Å². The molecule has 1 rings (SSSR count). The smallest absolute Gasteiger partial charge is 0.265 e. The normalized spacial score (nSPS) is 12.2. The van der Waals surface area contributed by atoms with E-state index in [0.717, 1.165) is 5.69 Å². The predicted molar refractivity (Wildman–Crippen MR) is 74.4 cm³/mol. The number of carbonyl (C=O) groups is 1. The zero-order chi connectivity index (χ0) is 13.0. The van der Waals surface area contributed by atoms with Gasteiger partial charge in [-0.2, -0.15) is 0 Å². The topological polar surface area (TPSA) is 59.2 Å². The Labute approximate surface area is 111 Å². The lowest BCUT2D eigenvalue weighted by atomic mass is 10.1. The minimum Gasteiger partial charge on any atom is -0.393 e. The SMILES string of the molecule is CCN(CC(C)C(N)=S)C(=O)c1scnc1C. The average molecular weight is 271 g/mol. The van der Waals surface area contributed by atoms with Gasteiger partial charge in [-0.25, -0.2) is 4.98 Å². The van der Waals surface area contributed by atoms with Crippen molar-refractivity contribution in [2.75, 3.05) is 13.1 Å². The Morgan fingerprint density at radius 3 is 2.76 bits per heavy atom. The van der Waals surface area contributed by atoms with Gasteiger partial charge in [-0.3, -0.25) is 4.79 Å². The number of rotatable bonds is 5. The van der Waals surface area contributed by atoms with Gasteiger partial charge in [0.25, 0.3) is 5.91 Å². The van der Waals surface area contributed by atoms with Crippen LogP contribution in [0.15, 0.2) is 5.51 Å². The molecule has 1 atom stereocenters. The molecule has 94 valence electrons. The van der Waals surface area contributed by atoms with Gasteiger partial charge in [-0.1, -0.05) is 19.1 Å². The summed E-state index contributed by atoms with van der Waals surface area (Å²) in [6, 6.07) is 0. The van der Waals surface area contributed by atoms with Gasteiger partial charge in [-0.15, -0.1) is 11.3 Å². The first-order valence-electron chi connectivity index (χ1n) is 5.46. The Bertz CT molecular complexity index is 417. The summed E-state index contributed by atoms with van der Waals surface area (Å²) in [4.78, 5) is 19.2. The highest BCUT2D eigenvalue weighted by atomic mass is 32.1.